The molecule has 2 saturated heterocycles. The van der Waals surface area contributed by atoms with Crippen LogP contribution in [0.2, 0.25) is 0 Å². The molecule has 0 aromatic carbocycles. The standard InChI is InChI=1S/C25H35ClF3N5O5/c1-6-24(26)15-11-34(21(37)17(12(2)39-23(3,4)5)33-22(38)25(27,28)29)18(16(15)24)20(36)32-14(10-30)9-13-7-8-31-19(13)35/h12-18H,6-9,11H2,1-5H3,(H,31,35)(H,32,36)(H,33,38)/t12?,13-,14-,15-,16-,17-,18-,24?/m0/s1. The number of alkyl halides is 4. The predicted octanol–water partition coefficient (Wildman–Crippen LogP) is 1.62. The molecule has 0 aromatic rings. The molecule has 3 rings (SSSR count). The summed E-state index contributed by atoms with van der Waals surface area (Å²) in [4.78, 5) is 51.4. The molecular formula is C25H35ClF3N5O5. The fourth-order valence-electron chi connectivity index (χ4n) is 5.77. The number of nitrogens with zero attached hydrogens (tertiary/aromatic N) is 2. The molecule has 218 valence electrons. The number of nitriles is 1. The van der Waals surface area contributed by atoms with Gasteiger partial charge >= 0.3 is 12.1 Å². The first-order chi connectivity index (χ1) is 17.9. The summed E-state index contributed by atoms with van der Waals surface area (Å²) in [5, 5.41) is 16.6. The Morgan fingerprint density at radius 2 is 1.92 bits per heavy atom. The number of hydrogen-bond donors (Lipinski definition) is 3. The number of carbonyl (C=O) groups excluding carboxylic acids is 4. The lowest BCUT2D eigenvalue weighted by molar-refractivity contribution is -0.177. The number of carbonyl (C=O) groups is 4. The molecule has 8 atom stereocenters. The highest BCUT2D eigenvalue weighted by Gasteiger charge is 2.73. The Morgan fingerprint density at radius 3 is 2.41 bits per heavy atom. The van der Waals surface area contributed by atoms with E-state index in [1.165, 1.54) is 6.92 Å². The molecule has 0 radical (unpaired) electrons. The lowest BCUT2D eigenvalue weighted by Crippen LogP contribution is -2.61. The number of halogens is 4. The van der Waals surface area contributed by atoms with E-state index in [-0.39, 0.29) is 24.8 Å². The summed E-state index contributed by atoms with van der Waals surface area (Å²) in [5.41, 5.74) is -0.856. The second kappa shape index (κ2) is 11.1. The Hall–Kier alpha value is -2.59. The maximum atomic E-state index is 13.7. The van der Waals surface area contributed by atoms with Crippen molar-refractivity contribution in [1.29, 1.82) is 5.26 Å². The minimum absolute atomic E-state index is 0.0121. The molecule has 3 N–H and O–H groups in total. The maximum Gasteiger partial charge on any atom is 0.471 e. The van der Waals surface area contributed by atoms with E-state index in [4.69, 9.17) is 16.3 Å². The zero-order chi connectivity index (χ0) is 29.5. The third-order valence-electron chi connectivity index (χ3n) is 7.63. The molecule has 39 heavy (non-hydrogen) atoms. The molecule has 1 saturated carbocycles. The summed E-state index contributed by atoms with van der Waals surface area (Å²) in [6.45, 7) is 8.59. The molecule has 2 aliphatic heterocycles. The Labute approximate surface area is 230 Å². The average Bonchev–Trinajstić information content (AvgIpc) is 3.13. The van der Waals surface area contributed by atoms with Gasteiger partial charge in [-0.3, -0.25) is 19.2 Å². The van der Waals surface area contributed by atoms with Crippen molar-refractivity contribution in [1.82, 2.24) is 20.9 Å². The summed E-state index contributed by atoms with van der Waals surface area (Å²) in [6.07, 6.45) is -5.35. The fourth-order valence-corrected chi connectivity index (χ4v) is 6.19. The average molecular weight is 578 g/mol. The molecule has 3 aliphatic rings. The van der Waals surface area contributed by atoms with Crippen molar-refractivity contribution in [3.05, 3.63) is 0 Å². The van der Waals surface area contributed by atoms with Crippen molar-refractivity contribution in [2.75, 3.05) is 13.1 Å². The minimum Gasteiger partial charge on any atom is -0.370 e. The Balaban J connectivity index is 1.86. The van der Waals surface area contributed by atoms with Crippen LogP contribution in [0.15, 0.2) is 0 Å². The molecule has 0 bridgehead atoms. The van der Waals surface area contributed by atoms with Gasteiger partial charge in [0.05, 0.1) is 22.6 Å². The molecule has 3 fully saturated rings. The number of amides is 4. The number of rotatable bonds is 9. The zero-order valence-electron chi connectivity index (χ0n) is 22.5. The highest BCUT2D eigenvalue weighted by Crippen LogP contribution is 2.64. The molecule has 10 nitrogen and oxygen atoms in total. The van der Waals surface area contributed by atoms with Crippen LogP contribution in [0.3, 0.4) is 0 Å². The van der Waals surface area contributed by atoms with Crippen molar-refractivity contribution in [2.45, 2.75) is 94.8 Å². The van der Waals surface area contributed by atoms with Gasteiger partial charge in [0.15, 0.2) is 0 Å². The van der Waals surface area contributed by atoms with Gasteiger partial charge in [0.25, 0.3) is 0 Å². The predicted molar refractivity (Wildman–Crippen MR) is 133 cm³/mol. The van der Waals surface area contributed by atoms with Gasteiger partial charge in [0.1, 0.15) is 18.1 Å². The monoisotopic (exact) mass is 577 g/mol. The normalized spacial score (nSPS) is 30.5. The van der Waals surface area contributed by atoms with Gasteiger partial charge in [-0.1, -0.05) is 6.92 Å². The van der Waals surface area contributed by atoms with Crippen molar-refractivity contribution in [2.24, 2.45) is 17.8 Å². The molecular weight excluding hydrogens is 543 g/mol. The van der Waals surface area contributed by atoms with Gasteiger partial charge in [-0.05, 0) is 47.0 Å². The number of likely N-dealkylation sites (tertiary alicyclic amines) is 1. The van der Waals surface area contributed by atoms with E-state index in [0.29, 0.717) is 19.4 Å². The largest absolute Gasteiger partial charge is 0.471 e. The van der Waals surface area contributed by atoms with Crippen LogP contribution >= 0.6 is 11.6 Å². The fraction of sp³-hybridized carbons (Fsp3) is 0.800. The van der Waals surface area contributed by atoms with Gasteiger partial charge in [0.2, 0.25) is 17.7 Å². The smallest absolute Gasteiger partial charge is 0.370 e. The Kier molecular flexibility index (Phi) is 8.82. The van der Waals surface area contributed by atoms with Gasteiger partial charge in [-0.15, -0.1) is 11.6 Å². The summed E-state index contributed by atoms with van der Waals surface area (Å²) < 4.78 is 45.1. The second-order valence-electron chi connectivity index (χ2n) is 11.4. The van der Waals surface area contributed by atoms with Gasteiger partial charge in [-0.2, -0.15) is 18.4 Å². The van der Waals surface area contributed by atoms with Crippen LogP contribution in [0.1, 0.15) is 53.9 Å². The van der Waals surface area contributed by atoms with Crippen LogP contribution in [0.25, 0.3) is 0 Å². The van der Waals surface area contributed by atoms with E-state index in [1.54, 1.807) is 26.1 Å². The van der Waals surface area contributed by atoms with Crippen molar-refractivity contribution in [3.8, 4) is 6.07 Å². The van der Waals surface area contributed by atoms with Crippen molar-refractivity contribution in [3.63, 3.8) is 0 Å². The maximum absolute atomic E-state index is 13.7. The quantitative estimate of drug-likeness (QED) is 0.356. The van der Waals surface area contributed by atoms with E-state index in [0.717, 1.165) is 4.90 Å². The van der Waals surface area contributed by atoms with Crippen LogP contribution in [-0.2, 0) is 23.9 Å². The first kappa shape index (κ1) is 30.9. The molecule has 2 unspecified atom stereocenters. The van der Waals surface area contributed by atoms with E-state index in [1.807, 2.05) is 13.0 Å². The number of piperidine rings is 1. The lowest BCUT2D eigenvalue weighted by atomic mass is 9.98. The van der Waals surface area contributed by atoms with Crippen LogP contribution in [0, 0.1) is 29.1 Å². The van der Waals surface area contributed by atoms with Crippen molar-refractivity contribution < 1.29 is 37.1 Å². The van der Waals surface area contributed by atoms with E-state index >= 15 is 0 Å². The summed E-state index contributed by atoms with van der Waals surface area (Å²) in [6, 6.07) is -1.99. The van der Waals surface area contributed by atoms with Gasteiger partial charge in [0, 0.05) is 30.8 Å². The first-order valence-corrected chi connectivity index (χ1v) is 13.3. The van der Waals surface area contributed by atoms with Gasteiger partial charge in [-0.25, -0.2) is 0 Å². The molecule has 4 amide bonds. The van der Waals surface area contributed by atoms with Crippen LogP contribution in [0.5, 0.6) is 0 Å². The van der Waals surface area contributed by atoms with E-state index in [2.05, 4.69) is 10.6 Å². The van der Waals surface area contributed by atoms with Crippen molar-refractivity contribution >= 4 is 35.2 Å². The summed E-state index contributed by atoms with van der Waals surface area (Å²) in [7, 11) is 0. The Bertz CT molecular complexity index is 1040. The number of hydrogen-bond acceptors (Lipinski definition) is 6. The molecule has 0 aromatic heterocycles. The highest BCUT2D eigenvalue weighted by molar-refractivity contribution is 6.27. The molecule has 2 heterocycles. The van der Waals surface area contributed by atoms with Crippen LogP contribution in [-0.4, -0.2) is 82.5 Å². The SMILES string of the molecule is CCC1(Cl)[C@@H]2[C@@H](C(=O)N[C@H](C#N)C[C@@H]3CCNC3=O)N(C(=O)[C@@H](NC(=O)C(F)(F)F)C(C)OC(C)(C)C)C[C@@H]21. The van der Waals surface area contributed by atoms with E-state index < -0.39 is 70.4 Å². The minimum atomic E-state index is -5.25. The first-order valence-electron chi connectivity index (χ1n) is 13.0. The third kappa shape index (κ3) is 6.60. The van der Waals surface area contributed by atoms with Crippen LogP contribution in [0.4, 0.5) is 13.2 Å². The molecule has 14 heteroatoms. The number of ether oxygens (including phenoxy) is 1. The molecule has 1 aliphatic carbocycles. The zero-order valence-corrected chi connectivity index (χ0v) is 23.3. The second-order valence-corrected chi connectivity index (χ2v) is 12.1. The van der Waals surface area contributed by atoms with Crippen LogP contribution < -0.4 is 16.0 Å². The Morgan fingerprint density at radius 1 is 1.28 bits per heavy atom. The summed E-state index contributed by atoms with van der Waals surface area (Å²) in [5.74, 6) is -5.40. The topological polar surface area (TPSA) is 141 Å². The summed E-state index contributed by atoms with van der Waals surface area (Å²) >= 11 is 6.73. The third-order valence-corrected chi connectivity index (χ3v) is 8.43. The van der Waals surface area contributed by atoms with Gasteiger partial charge < -0.3 is 25.6 Å². The highest BCUT2D eigenvalue weighted by atomic mass is 35.5. The van der Waals surface area contributed by atoms with E-state index in [9.17, 15) is 37.6 Å². The molecule has 0 spiro atoms. The number of nitrogens with one attached hydrogen (secondary N) is 3. The lowest BCUT2D eigenvalue weighted by Gasteiger charge is -2.36. The number of fused-ring (bicyclic) bond motifs is 1.